The van der Waals surface area contributed by atoms with Gasteiger partial charge in [0.25, 0.3) is 0 Å². The van der Waals surface area contributed by atoms with Crippen molar-refractivity contribution in [3.8, 4) is 11.1 Å². The molecule has 0 aliphatic carbocycles. The number of rotatable bonds is 15. The zero-order valence-electron chi connectivity index (χ0n) is 24.4. The number of carboxylic acid groups (broad SMARTS) is 2. The van der Waals surface area contributed by atoms with Gasteiger partial charge in [0.05, 0.1) is 12.5 Å². The van der Waals surface area contributed by atoms with E-state index in [0.29, 0.717) is 30.7 Å². The van der Waals surface area contributed by atoms with Gasteiger partial charge in [-0.05, 0) is 53.7 Å². The van der Waals surface area contributed by atoms with Crippen LogP contribution in [-0.4, -0.2) is 69.7 Å². The fourth-order valence-corrected chi connectivity index (χ4v) is 4.41. The number of pyridine rings is 1. The second kappa shape index (κ2) is 18.9. The summed E-state index contributed by atoms with van der Waals surface area (Å²) in [6, 6.07) is 21.4. The lowest BCUT2D eigenvalue weighted by molar-refractivity contribution is -0.192. The van der Waals surface area contributed by atoms with E-state index in [0.717, 1.165) is 16.9 Å². The van der Waals surface area contributed by atoms with Gasteiger partial charge in [0.15, 0.2) is 0 Å². The molecule has 0 saturated carbocycles. The first-order chi connectivity index (χ1) is 21.4. The molecule has 0 radical (unpaired) electrons. The Kier molecular flexibility index (Phi) is 15.4. The quantitative estimate of drug-likeness (QED) is 0.141. The molecule has 0 aliphatic rings. The Balaban J connectivity index is 0.000000900. The first-order valence-corrected chi connectivity index (χ1v) is 15.2. The van der Waals surface area contributed by atoms with Crippen molar-refractivity contribution in [2.75, 3.05) is 23.9 Å². The Morgan fingerprint density at radius 2 is 1.51 bits per heavy atom. The van der Waals surface area contributed by atoms with Crippen molar-refractivity contribution in [1.29, 1.82) is 0 Å². The molecule has 242 valence electrons. The minimum atomic E-state index is -5.08. The summed E-state index contributed by atoms with van der Waals surface area (Å²) in [4.78, 5) is 50.5. The van der Waals surface area contributed by atoms with E-state index in [1.165, 1.54) is 0 Å². The van der Waals surface area contributed by atoms with Gasteiger partial charge in [-0.15, -0.1) is 0 Å². The summed E-state index contributed by atoms with van der Waals surface area (Å²) in [6.45, 7) is 0.575. The minimum absolute atomic E-state index is 0.226. The Bertz CT molecular complexity index is 1360. The first-order valence-electron chi connectivity index (χ1n) is 13.8. The van der Waals surface area contributed by atoms with Crippen molar-refractivity contribution < 1.29 is 42.6 Å². The molecule has 5 N–H and O–H groups in total. The van der Waals surface area contributed by atoms with Crippen LogP contribution >= 0.6 is 11.8 Å². The average Bonchev–Trinajstić information content (AvgIpc) is 3.01. The van der Waals surface area contributed by atoms with Crippen LogP contribution in [-0.2, 0) is 19.2 Å². The SMILES string of the molecule is CSCC[C@@H](NC(=O)CCCNc1ccccn1)C(=O)NC(CC(=O)O)c1ccc(-c2ccccc2)cc1.O=C(O)C(F)(F)F. The third-order valence-corrected chi connectivity index (χ3v) is 6.82. The van der Waals surface area contributed by atoms with E-state index in [4.69, 9.17) is 9.90 Å². The Morgan fingerprint density at radius 3 is 2.07 bits per heavy atom. The highest BCUT2D eigenvalue weighted by Gasteiger charge is 2.38. The van der Waals surface area contributed by atoms with Crippen LogP contribution in [0, 0.1) is 0 Å². The predicted molar refractivity (Wildman–Crippen MR) is 166 cm³/mol. The second-order valence-corrected chi connectivity index (χ2v) is 10.6. The normalized spacial score (nSPS) is 12.1. The van der Waals surface area contributed by atoms with Crippen LogP contribution in [0.25, 0.3) is 11.1 Å². The summed E-state index contributed by atoms with van der Waals surface area (Å²) >= 11 is 1.58. The van der Waals surface area contributed by atoms with E-state index in [1.807, 2.05) is 79.1 Å². The van der Waals surface area contributed by atoms with Crippen LogP contribution in [0.5, 0.6) is 0 Å². The highest BCUT2D eigenvalue weighted by molar-refractivity contribution is 7.98. The average molecular weight is 649 g/mol. The summed E-state index contributed by atoms with van der Waals surface area (Å²) in [6.07, 6.45) is -0.450. The standard InChI is InChI=1S/C29H34N4O4S.C2HF3O2/c1-38-19-16-24(32-27(34)11-7-18-31-26-10-5-6-17-30-26)29(37)33-25(20-28(35)36)23-14-12-22(13-15-23)21-8-3-2-4-9-21;3-2(4,5)1(6)7/h2-6,8-10,12-15,17,24-25H,7,11,16,18-20H2,1H3,(H,30,31)(H,32,34)(H,33,37)(H,35,36);(H,6,7)/t24-,25?;/m1./s1. The van der Waals surface area contributed by atoms with Gasteiger partial charge in [-0.2, -0.15) is 24.9 Å². The van der Waals surface area contributed by atoms with Crippen LogP contribution in [0.3, 0.4) is 0 Å². The number of anilines is 1. The summed E-state index contributed by atoms with van der Waals surface area (Å²) in [5.41, 5.74) is 2.74. The zero-order valence-corrected chi connectivity index (χ0v) is 25.2. The zero-order chi connectivity index (χ0) is 33.2. The van der Waals surface area contributed by atoms with Crippen molar-refractivity contribution in [1.82, 2.24) is 15.6 Å². The maximum Gasteiger partial charge on any atom is 0.490 e. The number of aliphatic carboxylic acids is 2. The van der Waals surface area contributed by atoms with Crippen molar-refractivity contribution in [2.24, 2.45) is 0 Å². The fraction of sp³-hybridized carbons (Fsp3) is 0.323. The van der Waals surface area contributed by atoms with Gasteiger partial charge in [0.1, 0.15) is 11.9 Å². The topological polar surface area (TPSA) is 158 Å². The number of thioether (sulfide) groups is 1. The van der Waals surface area contributed by atoms with Crippen molar-refractivity contribution in [2.45, 2.75) is 43.9 Å². The van der Waals surface area contributed by atoms with Gasteiger partial charge in [-0.3, -0.25) is 14.4 Å². The molecule has 10 nitrogen and oxygen atoms in total. The molecule has 14 heteroatoms. The molecule has 1 aromatic heterocycles. The lowest BCUT2D eigenvalue weighted by Gasteiger charge is -2.23. The number of benzene rings is 2. The van der Waals surface area contributed by atoms with Gasteiger partial charge in [0.2, 0.25) is 11.8 Å². The van der Waals surface area contributed by atoms with Crippen LogP contribution in [0.15, 0.2) is 79.0 Å². The summed E-state index contributed by atoms with van der Waals surface area (Å²) in [7, 11) is 0. The number of hydrogen-bond acceptors (Lipinski definition) is 7. The molecule has 1 unspecified atom stereocenters. The smallest absolute Gasteiger partial charge is 0.481 e. The number of amides is 2. The van der Waals surface area contributed by atoms with E-state index in [9.17, 15) is 32.7 Å². The van der Waals surface area contributed by atoms with E-state index in [2.05, 4.69) is 20.9 Å². The van der Waals surface area contributed by atoms with Crippen LogP contribution in [0.4, 0.5) is 19.0 Å². The van der Waals surface area contributed by atoms with Crippen molar-refractivity contribution >= 4 is 41.3 Å². The maximum absolute atomic E-state index is 13.2. The highest BCUT2D eigenvalue weighted by atomic mass is 32.2. The molecule has 1 heterocycles. The van der Waals surface area contributed by atoms with E-state index in [-0.39, 0.29) is 18.7 Å². The van der Waals surface area contributed by atoms with E-state index in [1.54, 1.807) is 18.0 Å². The molecule has 2 aromatic carbocycles. The Morgan fingerprint density at radius 1 is 0.889 bits per heavy atom. The first kappa shape index (κ1) is 36.6. The summed E-state index contributed by atoms with van der Waals surface area (Å²) in [5, 5.41) is 25.5. The Hall–Kier alpha value is -4.59. The lowest BCUT2D eigenvalue weighted by atomic mass is 9.98. The van der Waals surface area contributed by atoms with Gasteiger partial charge >= 0.3 is 18.1 Å². The Labute approximate surface area is 262 Å². The monoisotopic (exact) mass is 648 g/mol. The number of carbonyl (C=O) groups excluding carboxylic acids is 2. The van der Waals surface area contributed by atoms with Gasteiger partial charge in [-0.25, -0.2) is 9.78 Å². The number of carbonyl (C=O) groups is 4. The number of carboxylic acids is 2. The minimum Gasteiger partial charge on any atom is -0.481 e. The van der Waals surface area contributed by atoms with Gasteiger partial charge < -0.3 is 26.2 Å². The molecule has 0 bridgehead atoms. The molecular weight excluding hydrogens is 613 g/mol. The highest BCUT2D eigenvalue weighted by Crippen LogP contribution is 2.24. The molecule has 3 aromatic rings. The largest absolute Gasteiger partial charge is 0.490 e. The predicted octanol–water partition coefficient (Wildman–Crippen LogP) is 5.14. The van der Waals surface area contributed by atoms with Crippen LogP contribution < -0.4 is 16.0 Å². The van der Waals surface area contributed by atoms with E-state index < -0.39 is 36.1 Å². The maximum atomic E-state index is 13.2. The molecular formula is C31H35F3N4O6S. The molecule has 2 atom stereocenters. The van der Waals surface area contributed by atoms with Crippen LogP contribution in [0.1, 0.15) is 37.3 Å². The third kappa shape index (κ3) is 14.2. The van der Waals surface area contributed by atoms with Crippen molar-refractivity contribution in [3.05, 3.63) is 84.6 Å². The lowest BCUT2D eigenvalue weighted by Crippen LogP contribution is -2.48. The molecule has 0 fully saturated rings. The second-order valence-electron chi connectivity index (χ2n) is 9.60. The fourth-order valence-electron chi connectivity index (χ4n) is 3.94. The molecule has 45 heavy (non-hydrogen) atoms. The van der Waals surface area contributed by atoms with Crippen LogP contribution in [0.2, 0.25) is 0 Å². The number of halogens is 3. The van der Waals surface area contributed by atoms with Crippen molar-refractivity contribution in [3.63, 3.8) is 0 Å². The molecule has 3 rings (SSSR count). The number of nitrogens with zero attached hydrogens (tertiary/aromatic N) is 1. The molecule has 0 saturated heterocycles. The number of hydrogen-bond donors (Lipinski definition) is 5. The van der Waals surface area contributed by atoms with Gasteiger partial charge in [-0.1, -0.05) is 60.7 Å². The van der Waals surface area contributed by atoms with E-state index >= 15 is 0 Å². The van der Waals surface area contributed by atoms with Gasteiger partial charge in [0, 0.05) is 19.2 Å². The number of aromatic nitrogens is 1. The summed E-state index contributed by atoms with van der Waals surface area (Å²) < 4.78 is 31.7. The summed E-state index contributed by atoms with van der Waals surface area (Å²) in [5.74, 6) is -2.98. The molecule has 0 aliphatic heterocycles. The number of alkyl halides is 3. The third-order valence-electron chi connectivity index (χ3n) is 6.17. The molecule has 0 spiro atoms. The molecule has 2 amide bonds. The number of nitrogens with one attached hydrogen (secondary N) is 3.